The van der Waals surface area contributed by atoms with Crippen molar-refractivity contribution in [3.63, 3.8) is 0 Å². The normalized spacial score (nSPS) is 13.7. The van der Waals surface area contributed by atoms with Gasteiger partial charge in [0.15, 0.2) is 0 Å². The molecular formula is C27H30N6O4. The van der Waals surface area contributed by atoms with Crippen molar-refractivity contribution in [1.29, 1.82) is 0 Å². The van der Waals surface area contributed by atoms with Crippen molar-refractivity contribution in [3.05, 3.63) is 87.5 Å². The van der Waals surface area contributed by atoms with Gasteiger partial charge in [-0.2, -0.15) is 0 Å². The molecule has 0 aliphatic carbocycles. The third-order valence-corrected chi connectivity index (χ3v) is 6.52. The zero-order valence-electron chi connectivity index (χ0n) is 20.9. The molecule has 1 fully saturated rings. The molecule has 2 amide bonds. The fourth-order valence-electron chi connectivity index (χ4n) is 4.35. The highest BCUT2D eigenvalue weighted by atomic mass is 16.6. The zero-order chi connectivity index (χ0) is 26.5. The van der Waals surface area contributed by atoms with E-state index in [0.29, 0.717) is 17.7 Å². The molecule has 1 heterocycles. The van der Waals surface area contributed by atoms with Gasteiger partial charge in [0.25, 0.3) is 17.5 Å². The van der Waals surface area contributed by atoms with Gasteiger partial charge in [-0.05, 0) is 55.4 Å². The number of carbonyl (C=O) groups excluding carboxylic acids is 2. The molecule has 4 N–H and O–H groups in total. The summed E-state index contributed by atoms with van der Waals surface area (Å²) in [6.07, 6.45) is 0.555. The highest BCUT2D eigenvalue weighted by molar-refractivity contribution is 6.10. The van der Waals surface area contributed by atoms with Crippen molar-refractivity contribution in [2.45, 2.75) is 13.3 Å². The summed E-state index contributed by atoms with van der Waals surface area (Å²) in [6, 6.07) is 16.9. The summed E-state index contributed by atoms with van der Waals surface area (Å²) >= 11 is 0. The fourth-order valence-corrected chi connectivity index (χ4v) is 4.35. The number of anilines is 4. The number of nitrogens with one attached hydrogen (secondary N) is 2. The van der Waals surface area contributed by atoms with Crippen LogP contribution in [-0.2, 0) is 6.42 Å². The largest absolute Gasteiger partial charge is 0.393 e. The van der Waals surface area contributed by atoms with E-state index in [2.05, 4.69) is 27.5 Å². The summed E-state index contributed by atoms with van der Waals surface area (Å²) in [7, 11) is 2.10. The number of hydrogen-bond donors (Lipinski definition) is 3. The molecule has 0 radical (unpaired) electrons. The Morgan fingerprint density at radius 1 is 0.946 bits per heavy atom. The molecule has 0 aromatic heterocycles. The predicted octanol–water partition coefficient (Wildman–Crippen LogP) is 4.00. The van der Waals surface area contributed by atoms with Crippen LogP contribution >= 0.6 is 0 Å². The van der Waals surface area contributed by atoms with Crippen molar-refractivity contribution in [2.24, 2.45) is 0 Å². The number of piperazine rings is 1. The van der Waals surface area contributed by atoms with E-state index in [4.69, 9.17) is 5.73 Å². The number of aryl methyl sites for hydroxylation is 1. The van der Waals surface area contributed by atoms with Crippen LogP contribution in [0.2, 0.25) is 0 Å². The quantitative estimate of drug-likeness (QED) is 0.253. The van der Waals surface area contributed by atoms with Gasteiger partial charge in [-0.15, -0.1) is 0 Å². The molecule has 0 spiro atoms. The molecule has 10 heteroatoms. The average molecular weight is 503 g/mol. The molecule has 37 heavy (non-hydrogen) atoms. The molecule has 0 bridgehead atoms. The molecule has 3 aromatic rings. The van der Waals surface area contributed by atoms with Gasteiger partial charge in [0.2, 0.25) is 0 Å². The molecule has 1 saturated heterocycles. The minimum Gasteiger partial charge on any atom is -0.393 e. The molecule has 10 nitrogen and oxygen atoms in total. The van der Waals surface area contributed by atoms with E-state index in [1.54, 1.807) is 18.2 Å². The first-order chi connectivity index (χ1) is 17.8. The number of nitro benzene ring substituents is 1. The number of nitrogens with two attached hydrogens (primary N) is 1. The highest BCUT2D eigenvalue weighted by Gasteiger charge is 2.21. The number of para-hydroxylation sites is 3. The van der Waals surface area contributed by atoms with Crippen molar-refractivity contribution >= 4 is 40.3 Å². The molecule has 192 valence electrons. The van der Waals surface area contributed by atoms with Crippen molar-refractivity contribution in [1.82, 2.24) is 4.90 Å². The average Bonchev–Trinajstić information content (AvgIpc) is 2.89. The molecule has 3 aromatic carbocycles. The Hall–Kier alpha value is -4.44. The number of rotatable bonds is 7. The number of hydrogen-bond acceptors (Lipinski definition) is 7. The van der Waals surface area contributed by atoms with Crippen LogP contribution < -0.4 is 21.3 Å². The van der Waals surface area contributed by atoms with Crippen LogP contribution in [0.25, 0.3) is 0 Å². The maximum Gasteiger partial charge on any atom is 0.292 e. The van der Waals surface area contributed by atoms with Crippen LogP contribution in [0.15, 0.2) is 60.7 Å². The first-order valence-electron chi connectivity index (χ1n) is 12.1. The van der Waals surface area contributed by atoms with Gasteiger partial charge in [-0.3, -0.25) is 19.7 Å². The molecule has 4 rings (SSSR count). The second-order valence-electron chi connectivity index (χ2n) is 8.94. The third kappa shape index (κ3) is 5.70. The lowest BCUT2D eigenvalue weighted by molar-refractivity contribution is -0.383. The highest BCUT2D eigenvalue weighted by Crippen LogP contribution is 2.29. The lowest BCUT2D eigenvalue weighted by atomic mass is 10.0. The van der Waals surface area contributed by atoms with Gasteiger partial charge in [0, 0.05) is 43.5 Å². The number of likely N-dealkylation sites (N-methyl/N-ethyl adjacent to an activating group) is 1. The number of nitro groups is 1. The van der Waals surface area contributed by atoms with Crippen molar-refractivity contribution < 1.29 is 14.5 Å². The number of carbonyl (C=O) groups is 2. The molecule has 1 aliphatic rings. The van der Waals surface area contributed by atoms with Crippen LogP contribution in [-0.4, -0.2) is 54.9 Å². The summed E-state index contributed by atoms with van der Waals surface area (Å²) in [5.41, 5.74) is 8.79. The van der Waals surface area contributed by atoms with E-state index in [0.717, 1.165) is 43.1 Å². The molecule has 0 atom stereocenters. The standard InChI is InChI=1S/C27H30N6O4/c1-3-18-17-19(11-12-21(18)29-27(35)20-7-6-10-24(25(20)28)33(36)37)26(34)30-22-8-4-5-9-23(22)32-15-13-31(2)14-16-32/h4-12,17H,3,13-16,28H2,1-2H3,(H,29,35)(H,30,34). The summed E-state index contributed by atoms with van der Waals surface area (Å²) in [6.45, 7) is 5.59. The lowest BCUT2D eigenvalue weighted by Crippen LogP contribution is -2.44. The Morgan fingerprint density at radius 2 is 1.65 bits per heavy atom. The lowest BCUT2D eigenvalue weighted by Gasteiger charge is -2.35. The molecule has 0 saturated carbocycles. The number of nitrogens with zero attached hydrogens (tertiary/aromatic N) is 3. The van der Waals surface area contributed by atoms with Crippen LogP contribution in [0.3, 0.4) is 0 Å². The van der Waals surface area contributed by atoms with Gasteiger partial charge in [0.05, 0.1) is 21.9 Å². The minimum absolute atomic E-state index is 0.0126. The van der Waals surface area contributed by atoms with Crippen molar-refractivity contribution in [3.8, 4) is 0 Å². The van der Waals surface area contributed by atoms with Gasteiger partial charge >= 0.3 is 0 Å². The van der Waals surface area contributed by atoms with Crippen LogP contribution in [0.5, 0.6) is 0 Å². The van der Waals surface area contributed by atoms with Gasteiger partial charge < -0.3 is 26.2 Å². The fraction of sp³-hybridized carbons (Fsp3) is 0.259. The molecule has 0 unspecified atom stereocenters. The first-order valence-corrected chi connectivity index (χ1v) is 12.1. The minimum atomic E-state index is -0.626. The smallest absolute Gasteiger partial charge is 0.292 e. The molecule has 1 aliphatic heterocycles. The summed E-state index contributed by atoms with van der Waals surface area (Å²) in [4.78, 5) is 41.1. The van der Waals surface area contributed by atoms with Crippen molar-refractivity contribution in [2.75, 3.05) is 54.5 Å². The predicted molar refractivity (Wildman–Crippen MR) is 145 cm³/mol. The van der Waals surface area contributed by atoms with Gasteiger partial charge in [0.1, 0.15) is 5.69 Å². The van der Waals surface area contributed by atoms with E-state index < -0.39 is 10.8 Å². The second kappa shape index (κ2) is 11.1. The third-order valence-electron chi connectivity index (χ3n) is 6.52. The Balaban J connectivity index is 1.52. The number of nitrogen functional groups attached to an aromatic ring is 1. The van der Waals surface area contributed by atoms with E-state index in [1.165, 1.54) is 18.2 Å². The van der Waals surface area contributed by atoms with Crippen LogP contribution in [0.1, 0.15) is 33.2 Å². The SMILES string of the molecule is CCc1cc(C(=O)Nc2ccccc2N2CCN(C)CC2)ccc1NC(=O)c1cccc([N+](=O)[O-])c1N. The van der Waals surface area contributed by atoms with E-state index >= 15 is 0 Å². The maximum atomic E-state index is 13.2. The number of amides is 2. The summed E-state index contributed by atoms with van der Waals surface area (Å²) < 4.78 is 0. The number of benzene rings is 3. The van der Waals surface area contributed by atoms with Crippen LogP contribution in [0.4, 0.5) is 28.4 Å². The van der Waals surface area contributed by atoms with E-state index in [9.17, 15) is 19.7 Å². The maximum absolute atomic E-state index is 13.2. The topological polar surface area (TPSA) is 134 Å². The Kier molecular flexibility index (Phi) is 7.69. The first kappa shape index (κ1) is 25.6. The Labute approximate surface area is 215 Å². The Bertz CT molecular complexity index is 1330. The summed E-state index contributed by atoms with van der Waals surface area (Å²) in [5.74, 6) is -0.814. The molecular weight excluding hydrogens is 472 g/mol. The van der Waals surface area contributed by atoms with Crippen LogP contribution in [0, 0.1) is 10.1 Å². The zero-order valence-corrected chi connectivity index (χ0v) is 20.9. The van der Waals surface area contributed by atoms with E-state index in [-0.39, 0.29) is 22.8 Å². The van der Waals surface area contributed by atoms with E-state index in [1.807, 2.05) is 31.2 Å². The second-order valence-corrected chi connectivity index (χ2v) is 8.94. The van der Waals surface area contributed by atoms with Gasteiger partial charge in [-0.25, -0.2) is 0 Å². The Morgan fingerprint density at radius 3 is 2.35 bits per heavy atom. The van der Waals surface area contributed by atoms with Gasteiger partial charge in [-0.1, -0.05) is 25.1 Å². The monoisotopic (exact) mass is 502 g/mol. The summed E-state index contributed by atoms with van der Waals surface area (Å²) in [5, 5.41) is 17.0.